The normalized spacial score (nSPS) is 12.0. The smallest absolute Gasteiger partial charge is 0.198 e. The maximum absolute atomic E-state index is 11.6. The van der Waals surface area contributed by atoms with Gasteiger partial charge >= 0.3 is 20.3 Å². The van der Waals surface area contributed by atoms with E-state index in [0.717, 1.165) is 0 Å². The number of hydrogen-bond acceptors (Lipinski definition) is 0. The van der Waals surface area contributed by atoms with Gasteiger partial charge in [0.05, 0.1) is 0 Å². The Balaban J connectivity index is 4.70. The molecule has 0 atom stereocenters. The molecule has 11 heavy (non-hydrogen) atoms. The van der Waals surface area contributed by atoms with E-state index in [9.17, 15) is 30.3 Å². The van der Waals surface area contributed by atoms with Crippen LogP contribution in [0.5, 0.6) is 0 Å². The average Bonchev–Trinajstić information content (AvgIpc) is 1.85. The van der Waals surface area contributed by atoms with E-state index in [1.54, 1.807) is 0 Å². The molecule has 0 heterocycles. The summed E-state index contributed by atoms with van der Waals surface area (Å²) in [6, 6.07) is 0. The molecule has 0 fully saturated rings. The monoisotopic (exact) mass is 200 g/mol. The van der Waals surface area contributed by atoms with Gasteiger partial charge in [0.15, 0.2) is 0 Å². The first kappa shape index (κ1) is 10.7. The molecule has 0 bridgehead atoms. The van der Waals surface area contributed by atoms with E-state index in [0.29, 0.717) is 0 Å². The predicted octanol–water partition coefficient (Wildman–Crippen LogP) is 3.91. The van der Waals surface area contributed by atoms with Crippen LogP contribution in [0.3, 0.4) is 0 Å². The molecule has 66 valence electrons. The van der Waals surface area contributed by atoms with Gasteiger partial charge in [0.25, 0.3) is 0 Å². The molecular formula is C3F7P. The summed E-state index contributed by atoms with van der Waals surface area (Å²) < 4.78 is 78.8. The van der Waals surface area contributed by atoms with E-state index in [4.69, 9.17) is 0 Å². The highest BCUT2D eigenvalue weighted by Crippen LogP contribution is 2.59. The number of allylic oxidation sites excluding steroid dienone is 1. The Morgan fingerprint density at radius 2 is 1.36 bits per heavy atom. The molecule has 0 radical (unpaired) electrons. The second-order valence-electron chi connectivity index (χ2n) is 1.35. The maximum atomic E-state index is 11.6. The molecule has 0 saturated heterocycles. The van der Waals surface area contributed by atoms with Gasteiger partial charge in [-0.25, -0.2) is 0 Å². The van der Waals surface area contributed by atoms with Gasteiger partial charge < -0.3 is 0 Å². The van der Waals surface area contributed by atoms with Gasteiger partial charge in [0.1, 0.15) is 0 Å². The fourth-order valence-electron chi connectivity index (χ4n) is 0.188. The number of rotatable bonds is 2. The van der Waals surface area contributed by atoms with Gasteiger partial charge in [-0.15, -0.1) is 0 Å². The summed E-state index contributed by atoms with van der Waals surface area (Å²) in [5.74, 6) is -3.35. The van der Waals surface area contributed by atoms with E-state index in [1.165, 1.54) is 0 Å². The predicted molar refractivity (Wildman–Crippen MR) is 24.4 cm³/mol. The second-order valence-corrected chi connectivity index (χ2v) is 2.38. The van der Waals surface area contributed by atoms with Crippen LogP contribution in [0, 0.1) is 0 Å². The Morgan fingerprint density at radius 1 is 1.00 bits per heavy atom. The van der Waals surface area contributed by atoms with Crippen LogP contribution >= 0.6 is 8.54 Å². The fraction of sp³-hybridized carbons (Fsp3) is 0.333. The zero-order valence-corrected chi connectivity index (χ0v) is 5.49. The van der Waals surface area contributed by atoms with Crippen LogP contribution in [-0.2, 0) is 0 Å². The Kier molecular flexibility index (Phi) is 3.29. The number of halogens is 7. The Bertz CT molecular complexity index is 169. The van der Waals surface area contributed by atoms with Crippen molar-refractivity contribution in [3.8, 4) is 0 Å². The van der Waals surface area contributed by atoms with Crippen molar-refractivity contribution < 1.29 is 30.3 Å². The van der Waals surface area contributed by atoms with Gasteiger partial charge in [0.2, 0.25) is 5.83 Å². The van der Waals surface area contributed by atoms with Crippen molar-refractivity contribution in [2.45, 2.75) is 5.66 Å². The lowest BCUT2D eigenvalue weighted by Crippen LogP contribution is -2.11. The van der Waals surface area contributed by atoms with E-state index < -0.39 is 26.1 Å². The summed E-state index contributed by atoms with van der Waals surface area (Å²) >= 11 is 0. The molecule has 8 heteroatoms. The molecule has 0 unspecified atom stereocenters. The molecule has 0 aromatic carbocycles. The summed E-state index contributed by atoms with van der Waals surface area (Å²) in [4.78, 5) is 0. The molecule has 0 rings (SSSR count). The molecule has 0 aliphatic carbocycles. The summed E-state index contributed by atoms with van der Waals surface area (Å²) in [6.45, 7) is 0. The van der Waals surface area contributed by atoms with Crippen molar-refractivity contribution in [1.29, 1.82) is 0 Å². The summed E-state index contributed by atoms with van der Waals surface area (Å²) in [7, 11) is -5.06. The molecular weight excluding hydrogens is 200 g/mol. The third kappa shape index (κ3) is 2.32. The quantitative estimate of drug-likeness (QED) is 0.468. The largest absolute Gasteiger partial charge is 0.379 e. The fourth-order valence-corrected chi connectivity index (χ4v) is 0.421. The minimum absolute atomic E-state index is 3.35. The van der Waals surface area contributed by atoms with Crippen LogP contribution in [0.1, 0.15) is 0 Å². The van der Waals surface area contributed by atoms with Gasteiger partial charge in [0, 0.05) is 0 Å². The molecule has 0 aliphatic heterocycles. The van der Waals surface area contributed by atoms with Crippen molar-refractivity contribution in [3.63, 3.8) is 0 Å². The van der Waals surface area contributed by atoms with Crippen molar-refractivity contribution in [1.82, 2.24) is 0 Å². The molecule has 0 saturated carbocycles. The first-order chi connectivity index (χ1) is 4.80. The summed E-state index contributed by atoms with van der Waals surface area (Å²) in [5.41, 5.74) is -5.33. The minimum Gasteiger partial charge on any atom is -0.198 e. The standard InChI is InChI=1S/C3F7P/c4-1(2(5)6)3(7,8)11(9)10. The summed E-state index contributed by atoms with van der Waals surface area (Å²) in [6.07, 6.45) is -3.42. The van der Waals surface area contributed by atoms with Gasteiger partial charge in [-0.2, -0.15) is 30.3 Å². The maximum Gasteiger partial charge on any atom is 0.379 e. The van der Waals surface area contributed by atoms with E-state index in [2.05, 4.69) is 0 Å². The molecule has 0 aromatic rings. The van der Waals surface area contributed by atoms with E-state index in [1.807, 2.05) is 0 Å². The average molecular weight is 200 g/mol. The first-order valence-electron chi connectivity index (χ1n) is 2.01. The molecule has 0 aliphatic rings. The second kappa shape index (κ2) is 3.38. The number of hydrogen-bond donors (Lipinski definition) is 0. The molecule has 0 nitrogen and oxygen atoms in total. The molecule has 0 aromatic heterocycles. The highest BCUT2D eigenvalue weighted by molar-refractivity contribution is 7.48. The summed E-state index contributed by atoms with van der Waals surface area (Å²) in [5, 5.41) is 0. The zero-order valence-electron chi connectivity index (χ0n) is 4.59. The lowest BCUT2D eigenvalue weighted by atomic mass is 10.6. The van der Waals surface area contributed by atoms with E-state index in [-0.39, 0.29) is 0 Å². The Morgan fingerprint density at radius 3 is 1.45 bits per heavy atom. The van der Waals surface area contributed by atoms with Crippen molar-refractivity contribution in [2.75, 3.05) is 0 Å². The van der Waals surface area contributed by atoms with Crippen LogP contribution in [0.15, 0.2) is 11.9 Å². The molecule has 0 spiro atoms. The van der Waals surface area contributed by atoms with Crippen LogP contribution in [0.2, 0.25) is 0 Å². The topological polar surface area (TPSA) is 0 Å². The van der Waals surface area contributed by atoms with Crippen LogP contribution < -0.4 is 0 Å². The van der Waals surface area contributed by atoms with Crippen molar-refractivity contribution in [3.05, 3.63) is 11.9 Å². The van der Waals surface area contributed by atoms with Crippen LogP contribution in [0.25, 0.3) is 0 Å². The molecule has 0 N–H and O–H groups in total. The van der Waals surface area contributed by atoms with Crippen molar-refractivity contribution >= 4 is 8.54 Å². The Labute approximate surface area is 57.7 Å². The third-order valence-corrected chi connectivity index (χ3v) is 1.26. The van der Waals surface area contributed by atoms with Gasteiger partial charge in [-0.05, 0) is 0 Å². The van der Waals surface area contributed by atoms with Crippen LogP contribution in [0.4, 0.5) is 30.3 Å². The highest BCUT2D eigenvalue weighted by atomic mass is 31.2. The Hall–Kier alpha value is -0.320. The van der Waals surface area contributed by atoms with Crippen LogP contribution in [-0.4, -0.2) is 5.66 Å². The molecule has 0 amide bonds. The lowest BCUT2D eigenvalue weighted by molar-refractivity contribution is 0.0894. The highest BCUT2D eigenvalue weighted by Gasteiger charge is 2.50. The van der Waals surface area contributed by atoms with Crippen molar-refractivity contribution in [2.24, 2.45) is 0 Å². The van der Waals surface area contributed by atoms with Gasteiger partial charge in [-0.1, -0.05) is 0 Å². The van der Waals surface area contributed by atoms with E-state index >= 15 is 0 Å². The minimum atomic E-state index is -5.33. The SMILES string of the molecule is FC(F)=C(F)C(F)(F)P(F)F. The van der Waals surface area contributed by atoms with Gasteiger partial charge in [-0.3, -0.25) is 0 Å². The third-order valence-electron chi connectivity index (χ3n) is 0.642. The first-order valence-corrected chi connectivity index (χ1v) is 3.13. The number of alkyl halides is 2. The zero-order chi connectivity index (χ0) is 9.23. The lowest BCUT2D eigenvalue weighted by Gasteiger charge is -2.09.